The van der Waals surface area contributed by atoms with Gasteiger partial charge in [-0.2, -0.15) is 0 Å². The van der Waals surface area contributed by atoms with E-state index in [9.17, 15) is 0 Å². The largest absolute Gasteiger partial charge is 0.384 e. The van der Waals surface area contributed by atoms with Gasteiger partial charge in [-0.15, -0.1) is 0 Å². The molecular weight excluding hydrogens is 302 g/mol. The summed E-state index contributed by atoms with van der Waals surface area (Å²) in [5.74, 6) is 0. The molecule has 1 heteroatoms. The number of rotatable bonds is 2. The van der Waals surface area contributed by atoms with Gasteiger partial charge >= 0.3 is 0 Å². The molecule has 4 aromatic rings. The minimum absolute atomic E-state index is 1.01. The SMILES string of the molecule is c1ccc(-c2c3c(c4ccccc4c2-c2ccccc2)NCC3)cc1. The van der Waals surface area contributed by atoms with E-state index in [1.54, 1.807) is 0 Å². The topological polar surface area (TPSA) is 12.0 Å². The van der Waals surface area contributed by atoms with Gasteiger partial charge in [-0.05, 0) is 39.6 Å². The van der Waals surface area contributed by atoms with E-state index in [-0.39, 0.29) is 0 Å². The highest BCUT2D eigenvalue weighted by atomic mass is 14.9. The fraction of sp³-hybridized carbons (Fsp3) is 0.0833. The molecule has 0 unspecified atom stereocenters. The first-order chi connectivity index (χ1) is 12.4. The fourth-order valence-corrected chi connectivity index (χ4v) is 4.08. The van der Waals surface area contributed by atoms with Gasteiger partial charge in [0.1, 0.15) is 0 Å². The minimum atomic E-state index is 1.01. The fourth-order valence-electron chi connectivity index (χ4n) is 4.08. The number of hydrogen-bond acceptors (Lipinski definition) is 1. The van der Waals surface area contributed by atoms with Crippen molar-refractivity contribution >= 4 is 16.5 Å². The van der Waals surface area contributed by atoms with Crippen LogP contribution < -0.4 is 5.32 Å². The zero-order valence-corrected chi connectivity index (χ0v) is 14.0. The molecule has 0 aliphatic carbocycles. The zero-order valence-electron chi connectivity index (χ0n) is 14.0. The summed E-state index contributed by atoms with van der Waals surface area (Å²) in [5.41, 5.74) is 8.08. The molecule has 1 heterocycles. The summed E-state index contributed by atoms with van der Waals surface area (Å²) in [4.78, 5) is 0. The molecule has 0 aromatic heterocycles. The number of hydrogen-bond donors (Lipinski definition) is 1. The first-order valence-corrected chi connectivity index (χ1v) is 8.86. The monoisotopic (exact) mass is 321 g/mol. The summed E-state index contributed by atoms with van der Waals surface area (Å²) >= 11 is 0. The van der Waals surface area contributed by atoms with Crippen LogP contribution in [-0.4, -0.2) is 6.54 Å². The van der Waals surface area contributed by atoms with E-state index >= 15 is 0 Å². The summed E-state index contributed by atoms with van der Waals surface area (Å²) in [5, 5.41) is 6.28. The summed E-state index contributed by atoms with van der Waals surface area (Å²) in [6.45, 7) is 1.01. The van der Waals surface area contributed by atoms with Gasteiger partial charge in [-0.3, -0.25) is 0 Å². The van der Waals surface area contributed by atoms with Crippen LogP contribution in [0.3, 0.4) is 0 Å². The Balaban J connectivity index is 1.98. The van der Waals surface area contributed by atoms with Crippen molar-refractivity contribution in [2.45, 2.75) is 6.42 Å². The van der Waals surface area contributed by atoms with Gasteiger partial charge in [0, 0.05) is 17.6 Å². The molecule has 0 radical (unpaired) electrons. The Morgan fingerprint density at radius 1 is 0.560 bits per heavy atom. The maximum atomic E-state index is 3.63. The molecule has 0 saturated carbocycles. The second-order valence-corrected chi connectivity index (χ2v) is 6.56. The van der Waals surface area contributed by atoms with Crippen molar-refractivity contribution in [3.8, 4) is 22.3 Å². The summed E-state index contributed by atoms with van der Waals surface area (Å²) in [6.07, 6.45) is 1.07. The predicted molar refractivity (Wildman–Crippen MR) is 107 cm³/mol. The van der Waals surface area contributed by atoms with Crippen LogP contribution in [0.4, 0.5) is 5.69 Å². The van der Waals surface area contributed by atoms with Gasteiger partial charge in [0.05, 0.1) is 0 Å². The van der Waals surface area contributed by atoms with Gasteiger partial charge in [0.25, 0.3) is 0 Å². The van der Waals surface area contributed by atoms with Crippen LogP contribution in [0.2, 0.25) is 0 Å². The lowest BCUT2D eigenvalue weighted by Gasteiger charge is -2.19. The van der Waals surface area contributed by atoms with E-state index in [4.69, 9.17) is 0 Å². The lowest BCUT2D eigenvalue weighted by Crippen LogP contribution is -1.95. The van der Waals surface area contributed by atoms with E-state index in [0.29, 0.717) is 0 Å². The highest BCUT2D eigenvalue weighted by Crippen LogP contribution is 2.46. The highest BCUT2D eigenvalue weighted by Gasteiger charge is 2.23. The molecule has 0 saturated heterocycles. The van der Waals surface area contributed by atoms with E-state index in [1.165, 1.54) is 44.3 Å². The van der Waals surface area contributed by atoms with E-state index in [0.717, 1.165) is 13.0 Å². The molecule has 1 N–H and O–H groups in total. The first kappa shape index (κ1) is 14.3. The predicted octanol–water partition coefficient (Wildman–Crippen LogP) is 6.14. The van der Waals surface area contributed by atoms with Crippen molar-refractivity contribution in [2.24, 2.45) is 0 Å². The third-order valence-corrected chi connectivity index (χ3v) is 5.12. The molecule has 0 spiro atoms. The van der Waals surface area contributed by atoms with Gasteiger partial charge < -0.3 is 5.32 Å². The molecule has 120 valence electrons. The summed E-state index contributed by atoms with van der Waals surface area (Å²) < 4.78 is 0. The molecule has 0 fully saturated rings. The molecule has 0 bridgehead atoms. The Morgan fingerprint density at radius 2 is 1.12 bits per heavy atom. The van der Waals surface area contributed by atoms with Crippen LogP contribution in [0.25, 0.3) is 33.0 Å². The molecule has 1 aliphatic heterocycles. The second-order valence-electron chi connectivity index (χ2n) is 6.56. The summed E-state index contributed by atoms with van der Waals surface area (Å²) in [7, 11) is 0. The van der Waals surface area contributed by atoms with Crippen LogP contribution in [0.1, 0.15) is 5.56 Å². The molecule has 5 rings (SSSR count). The Morgan fingerprint density at radius 3 is 1.80 bits per heavy atom. The van der Waals surface area contributed by atoms with Crippen LogP contribution >= 0.6 is 0 Å². The van der Waals surface area contributed by atoms with Crippen molar-refractivity contribution in [3.05, 3.63) is 90.5 Å². The number of fused-ring (bicyclic) bond motifs is 3. The Hall–Kier alpha value is -3.06. The van der Waals surface area contributed by atoms with E-state index in [1.807, 2.05) is 0 Å². The average molecular weight is 321 g/mol. The maximum absolute atomic E-state index is 3.63. The van der Waals surface area contributed by atoms with Crippen LogP contribution in [0.5, 0.6) is 0 Å². The number of anilines is 1. The Labute approximate surface area is 148 Å². The quantitative estimate of drug-likeness (QED) is 0.467. The van der Waals surface area contributed by atoms with Gasteiger partial charge in [0.15, 0.2) is 0 Å². The third kappa shape index (κ3) is 2.24. The smallest absolute Gasteiger partial charge is 0.0459 e. The van der Waals surface area contributed by atoms with Crippen molar-refractivity contribution < 1.29 is 0 Å². The molecule has 1 aliphatic rings. The lowest BCUT2D eigenvalue weighted by atomic mass is 9.85. The standard InChI is InChI=1S/C24H19N/c1-3-9-17(10-4-1)22-19-13-7-8-14-20(19)24-21(15-16-25-24)23(22)18-11-5-2-6-12-18/h1-14,25H,15-16H2. The molecular formula is C24H19N. The molecule has 0 amide bonds. The Bertz CT molecular complexity index is 1050. The van der Waals surface area contributed by atoms with E-state index < -0.39 is 0 Å². The Kier molecular flexibility index (Phi) is 3.31. The maximum Gasteiger partial charge on any atom is 0.0459 e. The average Bonchev–Trinajstić information content (AvgIpc) is 3.18. The van der Waals surface area contributed by atoms with Crippen molar-refractivity contribution in [1.82, 2.24) is 0 Å². The van der Waals surface area contributed by atoms with Crippen LogP contribution in [-0.2, 0) is 6.42 Å². The number of benzene rings is 4. The minimum Gasteiger partial charge on any atom is -0.384 e. The highest BCUT2D eigenvalue weighted by molar-refractivity contribution is 6.12. The van der Waals surface area contributed by atoms with Gasteiger partial charge in [-0.1, -0.05) is 84.9 Å². The second kappa shape index (κ2) is 5.78. The van der Waals surface area contributed by atoms with Gasteiger partial charge in [-0.25, -0.2) is 0 Å². The summed E-state index contributed by atoms with van der Waals surface area (Å²) in [6, 6.07) is 30.4. The zero-order chi connectivity index (χ0) is 16.6. The van der Waals surface area contributed by atoms with Crippen molar-refractivity contribution in [3.63, 3.8) is 0 Å². The van der Waals surface area contributed by atoms with Crippen molar-refractivity contribution in [1.29, 1.82) is 0 Å². The first-order valence-electron chi connectivity index (χ1n) is 8.86. The lowest BCUT2D eigenvalue weighted by molar-refractivity contribution is 1.11. The van der Waals surface area contributed by atoms with Crippen LogP contribution in [0, 0.1) is 0 Å². The molecule has 1 nitrogen and oxygen atoms in total. The van der Waals surface area contributed by atoms with Gasteiger partial charge in [0.2, 0.25) is 0 Å². The van der Waals surface area contributed by atoms with Crippen molar-refractivity contribution in [2.75, 3.05) is 11.9 Å². The normalized spacial score (nSPS) is 12.8. The number of nitrogens with one attached hydrogen (secondary N) is 1. The third-order valence-electron chi connectivity index (χ3n) is 5.12. The molecule has 25 heavy (non-hydrogen) atoms. The molecule has 0 atom stereocenters. The van der Waals surface area contributed by atoms with E-state index in [2.05, 4.69) is 90.2 Å². The van der Waals surface area contributed by atoms with Crippen LogP contribution in [0.15, 0.2) is 84.9 Å². The molecule has 4 aromatic carbocycles.